The van der Waals surface area contributed by atoms with E-state index in [0.29, 0.717) is 23.5 Å². The highest BCUT2D eigenvalue weighted by atomic mass is 16.2. The number of aldehydes is 1. The van der Waals surface area contributed by atoms with E-state index < -0.39 is 6.03 Å². The minimum atomic E-state index is -0.511. The number of likely N-dealkylation sites (tertiary alicyclic amines) is 1. The Morgan fingerprint density at radius 2 is 2.20 bits per heavy atom. The Hall–Kier alpha value is -3.71. The third-order valence-corrected chi connectivity index (χ3v) is 6.34. The second-order valence-electron chi connectivity index (χ2n) is 8.62. The average molecular weight is 474 g/mol. The molecule has 1 aromatic carbocycles. The van der Waals surface area contributed by atoms with Crippen molar-refractivity contribution in [2.24, 2.45) is 16.6 Å². The number of anilines is 2. The van der Waals surface area contributed by atoms with Crippen LogP contribution in [0, 0.1) is 5.92 Å². The normalized spacial score (nSPS) is 20.0. The van der Waals surface area contributed by atoms with Crippen molar-refractivity contribution in [3.63, 3.8) is 0 Å². The number of urea groups is 1. The maximum absolute atomic E-state index is 12.6. The number of hydrogen-bond acceptors (Lipinski definition) is 4. The zero-order valence-electron chi connectivity index (χ0n) is 20.4. The number of nitrogens with zero attached hydrogens (tertiary/aromatic N) is 2. The molecule has 7 nitrogen and oxygen atoms in total. The fraction of sp³-hybridized carbons (Fsp3) is 0.321. The highest BCUT2D eigenvalue weighted by molar-refractivity contribution is 6.02. The summed E-state index contributed by atoms with van der Waals surface area (Å²) < 4.78 is 0. The maximum Gasteiger partial charge on any atom is 0.347 e. The first-order chi connectivity index (χ1) is 17.0. The van der Waals surface area contributed by atoms with E-state index in [4.69, 9.17) is 5.73 Å². The maximum atomic E-state index is 12.6. The van der Waals surface area contributed by atoms with Gasteiger partial charge in [-0.1, -0.05) is 49.1 Å². The zero-order chi connectivity index (χ0) is 25.0. The first kappa shape index (κ1) is 25.9. The molecular weight excluding hydrogens is 438 g/mol. The lowest BCUT2D eigenvalue weighted by atomic mass is 9.95. The van der Waals surface area contributed by atoms with Crippen molar-refractivity contribution in [3.05, 3.63) is 77.9 Å². The zero-order valence-corrected chi connectivity index (χ0v) is 20.4. The third-order valence-electron chi connectivity index (χ3n) is 6.34. The molecular formula is C28H35N5O2. The van der Waals surface area contributed by atoms with Crippen molar-refractivity contribution in [1.82, 2.24) is 4.90 Å². The molecule has 1 aliphatic heterocycles. The molecule has 0 saturated carbocycles. The van der Waals surface area contributed by atoms with E-state index in [1.807, 2.05) is 12.1 Å². The molecule has 2 amide bonds. The second-order valence-corrected chi connectivity index (χ2v) is 8.62. The van der Waals surface area contributed by atoms with Gasteiger partial charge in [-0.15, -0.1) is 0 Å². The van der Waals surface area contributed by atoms with Crippen LogP contribution in [-0.2, 0) is 4.79 Å². The lowest BCUT2D eigenvalue weighted by Crippen LogP contribution is -2.42. The molecule has 0 spiro atoms. The van der Waals surface area contributed by atoms with Crippen LogP contribution in [0.25, 0.3) is 6.08 Å². The van der Waals surface area contributed by atoms with Crippen molar-refractivity contribution in [2.45, 2.75) is 25.7 Å². The molecule has 1 aliphatic carbocycles. The van der Waals surface area contributed by atoms with Crippen molar-refractivity contribution in [3.8, 4) is 0 Å². The van der Waals surface area contributed by atoms with E-state index in [0.717, 1.165) is 50.9 Å². The van der Waals surface area contributed by atoms with Crippen LogP contribution in [0.1, 0.15) is 31.2 Å². The lowest BCUT2D eigenvalue weighted by Gasteiger charge is -2.32. The standard InChI is InChI=1S/C28H35N5O2/c1-3-21(22-10-5-4-6-11-22)16-18-33-17-8-13-24(20-33)27(29)32-28(35)31-25-15-7-12-23(14-9-19-34)26(25)30-2/h3-7,9-10,12,14-15,19,24,30H,1,8,11,13,16-18,20H2,2H3,(H3,29,31,32,35)/b14-9-,22-21+. The number of amidine groups is 1. The molecule has 4 N–H and O–H groups in total. The van der Waals surface area contributed by atoms with E-state index in [9.17, 15) is 9.59 Å². The number of aliphatic imine (C=N–C) groups is 1. The number of nitrogens with one attached hydrogen (secondary N) is 2. The summed E-state index contributed by atoms with van der Waals surface area (Å²) in [6.45, 7) is 6.72. The van der Waals surface area contributed by atoms with Gasteiger partial charge in [-0.2, -0.15) is 4.99 Å². The van der Waals surface area contributed by atoms with Gasteiger partial charge in [0.2, 0.25) is 0 Å². The number of para-hydroxylation sites is 1. The van der Waals surface area contributed by atoms with Crippen LogP contribution in [0.3, 0.4) is 0 Å². The molecule has 184 valence electrons. The topological polar surface area (TPSA) is 99.8 Å². The van der Waals surface area contributed by atoms with Gasteiger partial charge in [0.1, 0.15) is 12.1 Å². The molecule has 2 aliphatic rings. The molecule has 0 radical (unpaired) electrons. The van der Waals surface area contributed by atoms with Crippen LogP contribution in [-0.4, -0.2) is 49.7 Å². The summed E-state index contributed by atoms with van der Waals surface area (Å²) in [7, 11) is 1.76. The lowest BCUT2D eigenvalue weighted by molar-refractivity contribution is -0.104. The number of allylic oxidation sites excluding steroid dienone is 7. The summed E-state index contributed by atoms with van der Waals surface area (Å²) in [6, 6.07) is 4.92. The van der Waals surface area contributed by atoms with Crippen LogP contribution in [0.5, 0.6) is 0 Å². The molecule has 1 aromatic rings. The van der Waals surface area contributed by atoms with Crippen molar-refractivity contribution < 1.29 is 9.59 Å². The molecule has 35 heavy (non-hydrogen) atoms. The predicted molar refractivity (Wildman–Crippen MR) is 146 cm³/mol. The predicted octanol–water partition coefficient (Wildman–Crippen LogP) is 4.93. The Balaban J connectivity index is 1.61. The van der Waals surface area contributed by atoms with Gasteiger partial charge >= 0.3 is 6.03 Å². The number of rotatable bonds is 9. The van der Waals surface area contributed by atoms with Gasteiger partial charge in [-0.25, -0.2) is 4.79 Å². The Bertz CT molecular complexity index is 1080. The van der Waals surface area contributed by atoms with E-state index >= 15 is 0 Å². The van der Waals surface area contributed by atoms with Crippen molar-refractivity contribution in [2.75, 3.05) is 37.3 Å². The molecule has 0 aromatic heterocycles. The summed E-state index contributed by atoms with van der Waals surface area (Å²) in [5.41, 5.74) is 10.9. The number of amides is 2. The molecule has 1 unspecified atom stereocenters. The Morgan fingerprint density at radius 3 is 2.91 bits per heavy atom. The van der Waals surface area contributed by atoms with Gasteiger partial charge in [0, 0.05) is 26.1 Å². The number of hydrogen-bond donors (Lipinski definition) is 3. The van der Waals surface area contributed by atoms with Gasteiger partial charge in [0.15, 0.2) is 0 Å². The second kappa shape index (κ2) is 13.2. The van der Waals surface area contributed by atoms with E-state index in [1.54, 1.807) is 25.3 Å². The smallest absolute Gasteiger partial charge is 0.347 e. The molecule has 7 heteroatoms. The number of piperidine rings is 1. The number of benzene rings is 1. The van der Waals surface area contributed by atoms with Gasteiger partial charge in [0.25, 0.3) is 0 Å². The van der Waals surface area contributed by atoms with Crippen LogP contribution in [0.15, 0.2) is 77.4 Å². The van der Waals surface area contributed by atoms with Gasteiger partial charge in [0.05, 0.1) is 11.4 Å². The molecule has 1 saturated heterocycles. The minimum Gasteiger partial charge on any atom is -0.387 e. The number of carbonyl (C=O) groups excluding carboxylic acids is 2. The SMILES string of the molecule is C=C/C(CCN1CCCC(/C(N)=N/C(=O)Nc2cccc(/C=C\C=O)c2NC)C1)=C1/C=CC=CC1. The molecule has 3 rings (SSSR count). The molecule has 1 heterocycles. The van der Waals surface area contributed by atoms with Crippen LogP contribution >= 0.6 is 0 Å². The summed E-state index contributed by atoms with van der Waals surface area (Å²) in [5.74, 6) is 0.398. The first-order valence-electron chi connectivity index (χ1n) is 12.0. The van der Waals surface area contributed by atoms with E-state index in [2.05, 4.69) is 51.4 Å². The quantitative estimate of drug-likeness (QED) is 0.204. The fourth-order valence-electron chi connectivity index (χ4n) is 4.51. The van der Waals surface area contributed by atoms with Crippen LogP contribution in [0.4, 0.5) is 16.2 Å². The van der Waals surface area contributed by atoms with Crippen LogP contribution in [0.2, 0.25) is 0 Å². The van der Waals surface area contributed by atoms with E-state index in [-0.39, 0.29) is 5.92 Å². The number of carbonyl (C=O) groups is 2. The van der Waals surface area contributed by atoms with E-state index in [1.165, 1.54) is 17.2 Å². The van der Waals surface area contributed by atoms with Crippen molar-refractivity contribution in [1.29, 1.82) is 0 Å². The summed E-state index contributed by atoms with van der Waals surface area (Å²) >= 11 is 0. The molecule has 0 bridgehead atoms. The Labute approximate surface area is 207 Å². The summed E-state index contributed by atoms with van der Waals surface area (Å²) in [5, 5.41) is 5.88. The van der Waals surface area contributed by atoms with Gasteiger partial charge in [-0.3, -0.25) is 4.79 Å². The highest BCUT2D eigenvalue weighted by Gasteiger charge is 2.23. The van der Waals surface area contributed by atoms with Crippen LogP contribution < -0.4 is 16.4 Å². The third kappa shape index (κ3) is 7.39. The van der Waals surface area contributed by atoms with Crippen molar-refractivity contribution >= 4 is 35.6 Å². The Morgan fingerprint density at radius 1 is 1.34 bits per heavy atom. The average Bonchev–Trinajstić information content (AvgIpc) is 2.88. The summed E-state index contributed by atoms with van der Waals surface area (Å²) in [6.07, 6.45) is 18.0. The first-order valence-corrected chi connectivity index (χ1v) is 12.0. The number of nitrogens with two attached hydrogens (primary N) is 1. The largest absolute Gasteiger partial charge is 0.387 e. The fourth-order valence-corrected chi connectivity index (χ4v) is 4.51. The Kier molecular flexibility index (Phi) is 9.80. The van der Waals surface area contributed by atoms with Gasteiger partial charge < -0.3 is 21.3 Å². The monoisotopic (exact) mass is 473 g/mol. The molecule has 1 fully saturated rings. The minimum absolute atomic E-state index is 0.0393. The summed E-state index contributed by atoms with van der Waals surface area (Å²) in [4.78, 5) is 29.9. The highest BCUT2D eigenvalue weighted by Crippen LogP contribution is 2.27. The van der Waals surface area contributed by atoms with Gasteiger partial charge in [-0.05, 0) is 67.2 Å². The molecule has 1 atom stereocenters.